The zero-order chi connectivity index (χ0) is 29.7. The van der Waals surface area contributed by atoms with Gasteiger partial charge in [-0.25, -0.2) is 9.59 Å². The fraction of sp³-hybridized carbons (Fsp3) is 0.643. The molecule has 0 aliphatic heterocycles. The van der Waals surface area contributed by atoms with Gasteiger partial charge < -0.3 is 34.2 Å². The summed E-state index contributed by atoms with van der Waals surface area (Å²) in [5, 5.41) is 0. The van der Waals surface area contributed by atoms with Crippen LogP contribution in [0.3, 0.4) is 0 Å². The predicted molar refractivity (Wildman–Crippen MR) is 142 cm³/mol. The third-order valence-electron chi connectivity index (χ3n) is 5.75. The summed E-state index contributed by atoms with van der Waals surface area (Å²) >= 11 is 0. The molecule has 0 saturated heterocycles. The van der Waals surface area contributed by atoms with Crippen molar-refractivity contribution in [1.29, 1.82) is 0 Å². The Morgan fingerprint density at radius 2 is 1.26 bits per heavy atom. The Hall–Kier alpha value is -3.34. The molecule has 2 N–H and O–H groups in total. The number of carbonyl (C=O) groups excluding carboxylic acids is 4. The lowest BCUT2D eigenvalue weighted by Gasteiger charge is -2.23. The van der Waals surface area contributed by atoms with Crippen molar-refractivity contribution in [3.63, 3.8) is 0 Å². The van der Waals surface area contributed by atoms with Crippen molar-refractivity contribution in [1.82, 2.24) is 0 Å². The maximum Gasteiger partial charge on any atom is 0.514 e. The van der Waals surface area contributed by atoms with Gasteiger partial charge in [0.15, 0.2) is 11.5 Å². The number of hydrogen-bond donors (Lipinski definition) is 1. The van der Waals surface area contributed by atoms with Crippen LogP contribution in [0.25, 0.3) is 0 Å². The van der Waals surface area contributed by atoms with Gasteiger partial charge in [-0.05, 0) is 70.6 Å². The summed E-state index contributed by atoms with van der Waals surface area (Å²) in [6, 6.07) is 3.30. The molecule has 11 nitrogen and oxygen atoms in total. The van der Waals surface area contributed by atoms with Crippen molar-refractivity contribution < 1.29 is 47.6 Å². The molecule has 1 rings (SSSR count). The highest BCUT2D eigenvalue weighted by Gasteiger charge is 2.25. The first-order valence-electron chi connectivity index (χ1n) is 13.3. The molecule has 39 heavy (non-hydrogen) atoms. The molecule has 0 bridgehead atoms. The molecule has 0 fully saturated rings. The van der Waals surface area contributed by atoms with Crippen LogP contribution in [0.1, 0.15) is 80.2 Å². The third kappa shape index (κ3) is 12.8. The van der Waals surface area contributed by atoms with Gasteiger partial charge >= 0.3 is 24.2 Å². The molecule has 0 amide bonds. The molecule has 0 radical (unpaired) electrons. The first-order valence-corrected chi connectivity index (χ1v) is 13.3. The molecule has 11 heteroatoms. The molecule has 5 atom stereocenters. The van der Waals surface area contributed by atoms with Crippen LogP contribution >= 0.6 is 0 Å². The minimum absolute atomic E-state index is 0.0153. The minimum Gasteiger partial charge on any atom is -0.459 e. The molecule has 0 aromatic heterocycles. The Bertz CT molecular complexity index is 964. The van der Waals surface area contributed by atoms with Crippen LogP contribution in [0.2, 0.25) is 0 Å². The molecule has 0 aliphatic rings. The Kier molecular flexibility index (Phi) is 14.3. The van der Waals surface area contributed by atoms with E-state index in [4.69, 9.17) is 34.2 Å². The monoisotopic (exact) mass is 553 g/mol. The van der Waals surface area contributed by atoms with E-state index < -0.39 is 42.6 Å². The number of nitrogens with two attached hydrogens (primary N) is 1. The van der Waals surface area contributed by atoms with Gasteiger partial charge in [-0.3, -0.25) is 9.59 Å². The summed E-state index contributed by atoms with van der Waals surface area (Å²) in [7, 11) is 0. The molecule has 0 spiro atoms. The number of carbonyl (C=O) groups is 4. The van der Waals surface area contributed by atoms with Crippen LogP contribution < -0.4 is 15.2 Å². The predicted octanol–water partition coefficient (Wildman–Crippen LogP) is 5.09. The average molecular weight is 554 g/mol. The van der Waals surface area contributed by atoms with Crippen LogP contribution in [-0.2, 0) is 35.0 Å². The summed E-state index contributed by atoms with van der Waals surface area (Å²) in [6.07, 6.45) is -2.65. The summed E-state index contributed by atoms with van der Waals surface area (Å²) in [5.74, 6) is -1.12. The Morgan fingerprint density at radius 3 is 1.77 bits per heavy atom. The second kappa shape index (κ2) is 16.6. The molecule has 2 unspecified atom stereocenters. The van der Waals surface area contributed by atoms with Gasteiger partial charge in [-0.2, -0.15) is 0 Å². The topological polar surface area (TPSA) is 150 Å². The third-order valence-corrected chi connectivity index (χ3v) is 5.75. The zero-order valence-electron chi connectivity index (χ0n) is 24.2. The highest BCUT2D eigenvalue weighted by molar-refractivity contribution is 5.76. The summed E-state index contributed by atoms with van der Waals surface area (Å²) in [6.45, 7) is 14.1. The summed E-state index contributed by atoms with van der Waals surface area (Å²) in [5.41, 5.74) is 6.57. The molecule has 0 aliphatic carbocycles. The first kappa shape index (κ1) is 33.7. The van der Waals surface area contributed by atoms with Crippen molar-refractivity contribution in [3.05, 3.63) is 23.8 Å². The second-order valence-electron chi connectivity index (χ2n) is 9.90. The highest BCUT2D eigenvalue weighted by atomic mass is 16.7. The maximum atomic E-state index is 12.6. The van der Waals surface area contributed by atoms with Crippen molar-refractivity contribution in [2.45, 2.75) is 112 Å². The van der Waals surface area contributed by atoms with E-state index in [9.17, 15) is 19.2 Å². The van der Waals surface area contributed by atoms with Gasteiger partial charge in [-0.15, -0.1) is 0 Å². The van der Waals surface area contributed by atoms with Gasteiger partial charge in [-0.1, -0.05) is 33.8 Å². The van der Waals surface area contributed by atoms with Gasteiger partial charge in [0.1, 0.15) is 30.5 Å². The van der Waals surface area contributed by atoms with Crippen LogP contribution in [0.4, 0.5) is 9.59 Å². The van der Waals surface area contributed by atoms with E-state index in [1.54, 1.807) is 33.8 Å². The van der Waals surface area contributed by atoms with Gasteiger partial charge in [0.05, 0.1) is 0 Å². The van der Waals surface area contributed by atoms with Gasteiger partial charge in [0, 0.05) is 6.42 Å². The molecular weight excluding hydrogens is 510 g/mol. The van der Waals surface area contributed by atoms with Crippen LogP contribution in [0.15, 0.2) is 18.2 Å². The zero-order valence-corrected chi connectivity index (χ0v) is 24.2. The summed E-state index contributed by atoms with van der Waals surface area (Å²) < 4.78 is 31.5. The van der Waals surface area contributed by atoms with Crippen molar-refractivity contribution in [2.24, 2.45) is 11.7 Å². The first-order chi connectivity index (χ1) is 18.2. The normalized spacial score (nSPS) is 14.8. The highest BCUT2D eigenvalue weighted by Crippen LogP contribution is 2.30. The van der Waals surface area contributed by atoms with Gasteiger partial charge in [0.25, 0.3) is 0 Å². The minimum atomic E-state index is -1.08. The summed E-state index contributed by atoms with van der Waals surface area (Å²) in [4.78, 5) is 48.9. The Labute approximate surface area is 230 Å². The van der Waals surface area contributed by atoms with E-state index >= 15 is 0 Å². The molecule has 1 aromatic rings. The fourth-order valence-corrected chi connectivity index (χ4v) is 2.95. The average Bonchev–Trinajstić information content (AvgIpc) is 2.84. The molecule has 1 aromatic carbocycles. The van der Waals surface area contributed by atoms with Gasteiger partial charge in [0.2, 0.25) is 0 Å². The quantitative estimate of drug-likeness (QED) is 0.186. The lowest BCUT2D eigenvalue weighted by molar-refractivity contribution is -0.166. The molecule has 0 saturated carbocycles. The van der Waals surface area contributed by atoms with E-state index in [0.29, 0.717) is 18.4 Å². The standard InChI is InChI=1S/C28H43NO10/c1-9-17(5)34-27(32)38-23-12-11-21(15-24(23)39-28(33)35-18(6)10-2)14-22(29)26(31)37-20(8)19(7)36-25(30)13-16(3)4/h11-12,15-20,22H,9-10,13-14,29H2,1-8H3/t17?,18?,19-,20-,22-/m0/s1. The van der Waals surface area contributed by atoms with Crippen LogP contribution in [0.5, 0.6) is 11.5 Å². The van der Waals surface area contributed by atoms with E-state index in [1.807, 2.05) is 27.7 Å². The second-order valence-corrected chi connectivity index (χ2v) is 9.90. The lowest BCUT2D eigenvalue weighted by Crippen LogP contribution is -2.39. The van der Waals surface area contributed by atoms with E-state index in [1.165, 1.54) is 12.1 Å². The van der Waals surface area contributed by atoms with E-state index in [-0.39, 0.29) is 42.3 Å². The Balaban J connectivity index is 2.95. The number of rotatable bonds is 14. The maximum absolute atomic E-state index is 12.6. The molecule has 220 valence electrons. The largest absolute Gasteiger partial charge is 0.514 e. The Morgan fingerprint density at radius 1 is 0.744 bits per heavy atom. The fourth-order valence-electron chi connectivity index (χ4n) is 2.95. The smallest absolute Gasteiger partial charge is 0.459 e. The number of ether oxygens (including phenoxy) is 6. The number of esters is 2. The SMILES string of the molecule is CCC(C)OC(=O)Oc1ccc(C[C@H](N)C(=O)O[C@@H](C)[C@H](C)OC(=O)CC(C)C)cc1OC(=O)OC(C)CC. The van der Waals surface area contributed by atoms with E-state index in [2.05, 4.69) is 0 Å². The van der Waals surface area contributed by atoms with E-state index in [0.717, 1.165) is 0 Å². The lowest BCUT2D eigenvalue weighted by atomic mass is 10.1. The molecule has 0 heterocycles. The van der Waals surface area contributed by atoms with Crippen molar-refractivity contribution >= 4 is 24.2 Å². The van der Waals surface area contributed by atoms with Crippen LogP contribution in [-0.4, -0.2) is 54.7 Å². The van der Waals surface area contributed by atoms with Crippen molar-refractivity contribution in [3.8, 4) is 11.5 Å². The number of benzene rings is 1. The molecular formula is C28H43NO10. The van der Waals surface area contributed by atoms with Crippen LogP contribution in [0, 0.1) is 5.92 Å². The number of hydrogen-bond acceptors (Lipinski definition) is 11. The van der Waals surface area contributed by atoms with Crippen molar-refractivity contribution in [2.75, 3.05) is 0 Å².